The molecule has 0 saturated heterocycles. The van der Waals surface area contributed by atoms with E-state index in [1.54, 1.807) is 6.07 Å². The van der Waals surface area contributed by atoms with Crippen LogP contribution in [-0.4, -0.2) is 15.0 Å². The lowest BCUT2D eigenvalue weighted by molar-refractivity contribution is 0.331. The largest absolute Gasteiger partial charge is 0.447 e. The molecule has 2 aliphatic rings. The van der Waals surface area contributed by atoms with Gasteiger partial charge in [-0.3, -0.25) is 0 Å². The summed E-state index contributed by atoms with van der Waals surface area (Å²) in [6.45, 7) is 0.740. The summed E-state index contributed by atoms with van der Waals surface area (Å²) in [5, 5.41) is -0.0314. The molecule has 1 aromatic heterocycles. The molecule has 3 unspecified atom stereocenters. The first kappa shape index (κ1) is 13.1. The van der Waals surface area contributed by atoms with E-state index < -0.39 is 10.0 Å². The molecule has 2 fully saturated rings. The van der Waals surface area contributed by atoms with Crippen molar-refractivity contribution in [2.24, 2.45) is 23.5 Å². The van der Waals surface area contributed by atoms with E-state index >= 15 is 0 Å². The van der Waals surface area contributed by atoms with E-state index in [9.17, 15) is 8.42 Å². The molecular formula is C13H20N2O3S. The number of hydrogen-bond acceptors (Lipinski definition) is 4. The number of rotatable bonds is 5. The first-order valence-electron chi connectivity index (χ1n) is 6.87. The Morgan fingerprint density at radius 3 is 2.74 bits per heavy atom. The molecule has 106 valence electrons. The first-order chi connectivity index (χ1) is 9.08. The van der Waals surface area contributed by atoms with Crippen LogP contribution < -0.4 is 10.5 Å². The maximum atomic E-state index is 12.1. The predicted molar refractivity (Wildman–Crippen MR) is 70.7 cm³/mol. The molecule has 2 aliphatic carbocycles. The van der Waals surface area contributed by atoms with Crippen LogP contribution in [0.1, 0.15) is 31.4 Å². The molecule has 0 spiro atoms. The van der Waals surface area contributed by atoms with Gasteiger partial charge in [0.25, 0.3) is 10.0 Å². The molecule has 2 saturated carbocycles. The standard InChI is InChI=1S/C13H20N2O3S/c14-7-12-3-4-13(18-12)19(16,17)15-8-11-6-9-1-2-10(11)5-9/h3-4,9-11,15H,1-2,5-8,14H2. The summed E-state index contributed by atoms with van der Waals surface area (Å²) in [5.41, 5.74) is 5.41. The van der Waals surface area contributed by atoms with Gasteiger partial charge in [-0.25, -0.2) is 13.1 Å². The summed E-state index contributed by atoms with van der Waals surface area (Å²) in [7, 11) is -3.53. The normalized spacial score (nSPS) is 30.1. The number of hydrogen-bond donors (Lipinski definition) is 2. The highest BCUT2D eigenvalue weighted by molar-refractivity contribution is 7.89. The Labute approximate surface area is 113 Å². The fraction of sp³-hybridized carbons (Fsp3) is 0.692. The van der Waals surface area contributed by atoms with E-state index in [1.165, 1.54) is 31.7 Å². The van der Waals surface area contributed by atoms with Gasteiger partial charge < -0.3 is 10.2 Å². The van der Waals surface area contributed by atoms with Gasteiger partial charge in [-0.1, -0.05) is 6.42 Å². The zero-order valence-electron chi connectivity index (χ0n) is 10.8. The van der Waals surface area contributed by atoms with Crippen molar-refractivity contribution in [3.8, 4) is 0 Å². The van der Waals surface area contributed by atoms with Gasteiger partial charge in [-0.05, 0) is 49.1 Å². The van der Waals surface area contributed by atoms with Crippen molar-refractivity contribution in [2.45, 2.75) is 37.3 Å². The lowest BCUT2D eigenvalue weighted by Crippen LogP contribution is -2.31. The Bertz CT molecular complexity index is 552. The van der Waals surface area contributed by atoms with E-state index in [1.807, 2.05) is 0 Å². The molecule has 1 heterocycles. The van der Waals surface area contributed by atoms with Crippen LogP contribution in [0.5, 0.6) is 0 Å². The Morgan fingerprint density at radius 2 is 2.16 bits per heavy atom. The quantitative estimate of drug-likeness (QED) is 0.857. The summed E-state index contributed by atoms with van der Waals surface area (Å²) in [6.07, 6.45) is 5.03. The average Bonchev–Trinajstić information content (AvgIpc) is 3.11. The van der Waals surface area contributed by atoms with Crippen LogP contribution in [0.25, 0.3) is 0 Å². The summed E-state index contributed by atoms with van der Waals surface area (Å²) in [6, 6.07) is 3.07. The maximum absolute atomic E-state index is 12.1. The number of nitrogens with two attached hydrogens (primary N) is 1. The zero-order valence-corrected chi connectivity index (χ0v) is 11.7. The van der Waals surface area contributed by atoms with Crippen molar-refractivity contribution in [3.63, 3.8) is 0 Å². The molecule has 3 N–H and O–H groups in total. The average molecular weight is 284 g/mol. The monoisotopic (exact) mass is 284 g/mol. The highest BCUT2D eigenvalue weighted by Gasteiger charge is 2.39. The Balaban J connectivity index is 1.62. The summed E-state index contributed by atoms with van der Waals surface area (Å²) in [5.74, 6) is 2.52. The number of fused-ring (bicyclic) bond motifs is 2. The Morgan fingerprint density at radius 1 is 1.32 bits per heavy atom. The molecule has 3 atom stereocenters. The fourth-order valence-corrected chi connectivity index (χ4v) is 4.57. The SMILES string of the molecule is NCc1ccc(S(=O)(=O)NCC2CC3CCC2C3)o1. The number of nitrogens with one attached hydrogen (secondary N) is 1. The topological polar surface area (TPSA) is 85.3 Å². The van der Waals surface area contributed by atoms with Crippen molar-refractivity contribution in [1.82, 2.24) is 4.72 Å². The second-order valence-electron chi connectivity index (χ2n) is 5.71. The zero-order chi connectivity index (χ0) is 13.5. The third-order valence-corrected chi connectivity index (χ3v) is 5.82. The lowest BCUT2D eigenvalue weighted by atomic mass is 9.89. The minimum atomic E-state index is -3.53. The number of sulfonamides is 1. The van der Waals surface area contributed by atoms with Crippen molar-refractivity contribution >= 4 is 10.0 Å². The van der Waals surface area contributed by atoms with Crippen molar-refractivity contribution in [2.75, 3.05) is 6.54 Å². The van der Waals surface area contributed by atoms with E-state index in [0.29, 0.717) is 24.1 Å². The van der Waals surface area contributed by atoms with Crippen LogP contribution in [0.15, 0.2) is 21.6 Å². The van der Waals surface area contributed by atoms with Gasteiger partial charge in [0.2, 0.25) is 5.09 Å². The van der Waals surface area contributed by atoms with Gasteiger partial charge >= 0.3 is 0 Å². The van der Waals surface area contributed by atoms with Gasteiger partial charge in [-0.15, -0.1) is 0 Å². The molecule has 0 amide bonds. The van der Waals surface area contributed by atoms with Crippen molar-refractivity contribution < 1.29 is 12.8 Å². The highest BCUT2D eigenvalue weighted by Crippen LogP contribution is 2.48. The molecule has 6 heteroatoms. The van der Waals surface area contributed by atoms with Gasteiger partial charge in [0.05, 0.1) is 6.54 Å². The van der Waals surface area contributed by atoms with Gasteiger partial charge in [-0.2, -0.15) is 0 Å². The van der Waals surface area contributed by atoms with E-state index in [4.69, 9.17) is 10.2 Å². The molecular weight excluding hydrogens is 264 g/mol. The Kier molecular flexibility index (Phi) is 3.41. The maximum Gasteiger partial charge on any atom is 0.273 e. The van der Waals surface area contributed by atoms with Gasteiger partial charge in [0.1, 0.15) is 5.76 Å². The van der Waals surface area contributed by atoms with E-state index in [2.05, 4.69) is 4.72 Å². The van der Waals surface area contributed by atoms with Gasteiger partial charge in [0.15, 0.2) is 0 Å². The van der Waals surface area contributed by atoms with Crippen molar-refractivity contribution in [3.05, 3.63) is 17.9 Å². The smallest absolute Gasteiger partial charge is 0.273 e. The molecule has 0 aliphatic heterocycles. The first-order valence-corrected chi connectivity index (χ1v) is 8.35. The third kappa shape index (κ3) is 2.57. The second-order valence-corrected chi connectivity index (χ2v) is 7.41. The molecule has 1 aromatic rings. The molecule has 2 bridgehead atoms. The van der Waals surface area contributed by atoms with Crippen LogP contribution in [0, 0.1) is 17.8 Å². The second kappa shape index (κ2) is 4.92. The van der Waals surface area contributed by atoms with E-state index in [0.717, 1.165) is 5.92 Å². The summed E-state index contributed by atoms with van der Waals surface area (Å²) < 4.78 is 32.0. The summed E-state index contributed by atoms with van der Waals surface area (Å²) >= 11 is 0. The third-order valence-electron chi connectivity index (χ3n) is 4.52. The fourth-order valence-electron chi connectivity index (χ4n) is 3.53. The van der Waals surface area contributed by atoms with Crippen LogP contribution >= 0.6 is 0 Å². The molecule has 19 heavy (non-hydrogen) atoms. The minimum Gasteiger partial charge on any atom is -0.447 e. The van der Waals surface area contributed by atoms with Gasteiger partial charge in [0, 0.05) is 6.54 Å². The lowest BCUT2D eigenvalue weighted by Gasteiger charge is -2.21. The molecule has 0 radical (unpaired) electrons. The van der Waals surface area contributed by atoms with Crippen LogP contribution in [-0.2, 0) is 16.6 Å². The molecule has 3 rings (SSSR count). The van der Waals surface area contributed by atoms with Crippen LogP contribution in [0.4, 0.5) is 0 Å². The van der Waals surface area contributed by atoms with Crippen LogP contribution in [0.2, 0.25) is 0 Å². The van der Waals surface area contributed by atoms with E-state index in [-0.39, 0.29) is 11.6 Å². The highest BCUT2D eigenvalue weighted by atomic mass is 32.2. The van der Waals surface area contributed by atoms with Crippen LogP contribution in [0.3, 0.4) is 0 Å². The predicted octanol–water partition coefficient (Wildman–Crippen LogP) is 1.45. The molecule has 0 aromatic carbocycles. The minimum absolute atomic E-state index is 0.0314. The van der Waals surface area contributed by atoms with Crippen molar-refractivity contribution in [1.29, 1.82) is 0 Å². The number of furan rings is 1. The Hall–Kier alpha value is -0.850. The summed E-state index contributed by atoms with van der Waals surface area (Å²) in [4.78, 5) is 0. The molecule has 5 nitrogen and oxygen atoms in total.